The van der Waals surface area contributed by atoms with E-state index in [9.17, 15) is 9.59 Å². The van der Waals surface area contributed by atoms with E-state index in [2.05, 4.69) is 4.90 Å². The van der Waals surface area contributed by atoms with E-state index in [-0.39, 0.29) is 12.5 Å². The molecule has 5 heteroatoms. The van der Waals surface area contributed by atoms with Gasteiger partial charge in [-0.15, -0.1) is 0 Å². The number of carbonyl (C=O) groups excluding carboxylic acids is 2. The highest BCUT2D eigenvalue weighted by molar-refractivity contribution is 5.78. The number of piperidine rings is 2. The Balaban J connectivity index is 1.53. The molecule has 136 valence electrons. The molecule has 0 aromatic heterocycles. The molecular formula is C19H32N2O3. The zero-order valence-electron chi connectivity index (χ0n) is 14.8. The average Bonchev–Trinajstić information content (AvgIpc) is 3.09. The van der Waals surface area contributed by atoms with E-state index in [1.165, 1.54) is 25.7 Å². The lowest BCUT2D eigenvalue weighted by atomic mass is 9.83. The van der Waals surface area contributed by atoms with Crippen LogP contribution >= 0.6 is 0 Å². The highest BCUT2D eigenvalue weighted by atomic mass is 16.3. The Bertz CT molecular complexity index is 448. The lowest BCUT2D eigenvalue weighted by Crippen LogP contribution is -2.57. The highest BCUT2D eigenvalue weighted by Gasteiger charge is 2.40. The maximum atomic E-state index is 12.6. The van der Waals surface area contributed by atoms with E-state index >= 15 is 0 Å². The molecule has 1 aliphatic carbocycles. The maximum Gasteiger partial charge on any atom is 0.222 e. The molecule has 3 rings (SSSR count). The monoisotopic (exact) mass is 336 g/mol. The molecule has 24 heavy (non-hydrogen) atoms. The van der Waals surface area contributed by atoms with Crippen LogP contribution in [-0.2, 0) is 9.59 Å². The summed E-state index contributed by atoms with van der Waals surface area (Å²) in [5, 5.41) is 8.96. The Kier molecular flexibility index (Phi) is 6.14. The van der Waals surface area contributed by atoms with E-state index in [1.807, 2.05) is 4.90 Å². The predicted molar refractivity (Wildman–Crippen MR) is 92.3 cm³/mol. The van der Waals surface area contributed by atoms with Crippen molar-refractivity contribution in [2.75, 3.05) is 26.2 Å². The average molecular weight is 336 g/mol. The van der Waals surface area contributed by atoms with Gasteiger partial charge in [-0.05, 0) is 50.4 Å². The summed E-state index contributed by atoms with van der Waals surface area (Å²) in [6.45, 7) is 2.59. The number of fused-ring (bicyclic) bond motifs is 1. The summed E-state index contributed by atoms with van der Waals surface area (Å²) in [6.07, 6.45) is 9.84. The zero-order chi connectivity index (χ0) is 16.9. The first-order chi connectivity index (χ1) is 11.7. The molecule has 1 saturated carbocycles. The summed E-state index contributed by atoms with van der Waals surface area (Å²) in [4.78, 5) is 29.0. The molecule has 3 aliphatic rings. The molecule has 0 aromatic carbocycles. The molecule has 1 N–H and O–H groups in total. The van der Waals surface area contributed by atoms with E-state index in [1.54, 1.807) is 0 Å². The number of carbonyl (C=O) groups is 2. The number of rotatable bonds is 6. The Hall–Kier alpha value is -1.10. The summed E-state index contributed by atoms with van der Waals surface area (Å²) < 4.78 is 0. The molecule has 0 unspecified atom stereocenters. The largest absolute Gasteiger partial charge is 0.396 e. The molecule has 2 amide bonds. The second kappa shape index (κ2) is 8.32. The van der Waals surface area contributed by atoms with Crippen molar-refractivity contribution < 1.29 is 14.7 Å². The van der Waals surface area contributed by atoms with Crippen LogP contribution in [0.2, 0.25) is 0 Å². The van der Waals surface area contributed by atoms with Crippen LogP contribution in [-0.4, -0.2) is 59.0 Å². The predicted octanol–water partition coefficient (Wildman–Crippen LogP) is 2.18. The van der Waals surface area contributed by atoms with Gasteiger partial charge >= 0.3 is 0 Å². The molecule has 2 heterocycles. The van der Waals surface area contributed by atoms with Crippen LogP contribution in [0.25, 0.3) is 0 Å². The number of hydrogen-bond donors (Lipinski definition) is 1. The maximum absolute atomic E-state index is 12.6. The van der Waals surface area contributed by atoms with Gasteiger partial charge < -0.3 is 14.9 Å². The number of hydrogen-bond acceptors (Lipinski definition) is 3. The van der Waals surface area contributed by atoms with E-state index < -0.39 is 0 Å². The van der Waals surface area contributed by atoms with Crippen molar-refractivity contribution in [1.29, 1.82) is 0 Å². The quantitative estimate of drug-likeness (QED) is 0.756. The van der Waals surface area contributed by atoms with Gasteiger partial charge in [0.1, 0.15) is 0 Å². The number of unbranched alkanes of at least 4 members (excludes halogenated alkanes) is 1. The van der Waals surface area contributed by atoms with Gasteiger partial charge in [0.15, 0.2) is 0 Å². The molecule has 0 bridgehead atoms. The normalized spacial score (nSPS) is 28.3. The summed E-state index contributed by atoms with van der Waals surface area (Å²) in [5.74, 6) is 1.65. The minimum absolute atomic E-state index is 0.194. The van der Waals surface area contributed by atoms with Crippen molar-refractivity contribution in [3.8, 4) is 0 Å². The SMILES string of the molecule is O=C(CC1CCCC1)N1CC[C@@H]2[C@@H](CCC(=O)N2CCCCO)C1. The van der Waals surface area contributed by atoms with E-state index in [0.717, 1.165) is 51.7 Å². The lowest BCUT2D eigenvalue weighted by Gasteiger charge is -2.47. The number of aliphatic hydroxyl groups excluding tert-OH is 1. The van der Waals surface area contributed by atoms with Gasteiger partial charge in [0.05, 0.1) is 0 Å². The van der Waals surface area contributed by atoms with Crippen LogP contribution in [0.1, 0.15) is 64.2 Å². The summed E-state index contributed by atoms with van der Waals surface area (Å²) in [6, 6.07) is 0.306. The number of aliphatic hydroxyl groups is 1. The second-order valence-corrected chi connectivity index (χ2v) is 7.87. The third-order valence-corrected chi connectivity index (χ3v) is 6.24. The van der Waals surface area contributed by atoms with Gasteiger partial charge in [-0.25, -0.2) is 0 Å². The molecule has 2 aliphatic heterocycles. The van der Waals surface area contributed by atoms with Gasteiger partial charge in [0.25, 0.3) is 0 Å². The summed E-state index contributed by atoms with van der Waals surface area (Å²) in [5.41, 5.74) is 0. The Labute approximate surface area is 145 Å². The fourth-order valence-electron chi connectivity index (χ4n) is 4.85. The highest BCUT2D eigenvalue weighted by Crippen LogP contribution is 2.33. The fourth-order valence-corrected chi connectivity index (χ4v) is 4.85. The van der Waals surface area contributed by atoms with Gasteiger partial charge in [-0.1, -0.05) is 12.8 Å². The number of amides is 2. The summed E-state index contributed by atoms with van der Waals surface area (Å²) in [7, 11) is 0. The molecule has 0 spiro atoms. The topological polar surface area (TPSA) is 60.9 Å². The number of likely N-dealkylation sites (tertiary alicyclic amines) is 2. The third kappa shape index (κ3) is 4.11. The van der Waals surface area contributed by atoms with Crippen LogP contribution in [0, 0.1) is 11.8 Å². The Morgan fingerprint density at radius 2 is 1.92 bits per heavy atom. The lowest BCUT2D eigenvalue weighted by molar-refractivity contribution is -0.144. The first kappa shape index (κ1) is 17.7. The van der Waals surface area contributed by atoms with Crippen molar-refractivity contribution in [3.63, 3.8) is 0 Å². The van der Waals surface area contributed by atoms with E-state index in [0.29, 0.717) is 30.2 Å². The Morgan fingerprint density at radius 3 is 2.67 bits per heavy atom. The second-order valence-electron chi connectivity index (χ2n) is 7.87. The van der Waals surface area contributed by atoms with Crippen molar-refractivity contribution in [2.45, 2.75) is 70.3 Å². The molecule has 5 nitrogen and oxygen atoms in total. The minimum atomic E-state index is 0.194. The zero-order valence-corrected chi connectivity index (χ0v) is 14.8. The standard InChI is InChI=1S/C19H32N2O3/c22-12-4-3-10-21-17-9-11-20(14-16(17)7-8-18(21)23)19(24)13-15-5-1-2-6-15/h15-17,22H,1-14H2/t16-,17+/m0/s1. The van der Waals surface area contributed by atoms with Gasteiger partial charge in [0.2, 0.25) is 11.8 Å². The molecule has 3 fully saturated rings. The van der Waals surface area contributed by atoms with Crippen LogP contribution in [0.4, 0.5) is 0 Å². The van der Waals surface area contributed by atoms with Gasteiger partial charge in [-0.2, -0.15) is 0 Å². The smallest absolute Gasteiger partial charge is 0.222 e. The van der Waals surface area contributed by atoms with Gasteiger partial charge in [0, 0.05) is 45.1 Å². The van der Waals surface area contributed by atoms with Crippen molar-refractivity contribution in [3.05, 3.63) is 0 Å². The van der Waals surface area contributed by atoms with Crippen molar-refractivity contribution >= 4 is 11.8 Å². The minimum Gasteiger partial charge on any atom is -0.396 e. The van der Waals surface area contributed by atoms with Gasteiger partial charge in [-0.3, -0.25) is 9.59 Å². The first-order valence-electron chi connectivity index (χ1n) is 9.87. The van der Waals surface area contributed by atoms with Crippen LogP contribution in [0.5, 0.6) is 0 Å². The molecular weight excluding hydrogens is 304 g/mol. The molecule has 2 saturated heterocycles. The fraction of sp³-hybridized carbons (Fsp3) is 0.895. The van der Waals surface area contributed by atoms with Crippen molar-refractivity contribution in [2.24, 2.45) is 11.8 Å². The molecule has 0 radical (unpaired) electrons. The summed E-state index contributed by atoms with van der Waals surface area (Å²) >= 11 is 0. The van der Waals surface area contributed by atoms with Crippen molar-refractivity contribution in [1.82, 2.24) is 9.80 Å². The Morgan fingerprint density at radius 1 is 1.12 bits per heavy atom. The first-order valence-corrected chi connectivity index (χ1v) is 9.87. The van der Waals surface area contributed by atoms with E-state index in [4.69, 9.17) is 5.11 Å². The third-order valence-electron chi connectivity index (χ3n) is 6.24. The van der Waals surface area contributed by atoms with Crippen LogP contribution in [0.15, 0.2) is 0 Å². The molecule has 2 atom stereocenters. The number of nitrogens with zero attached hydrogens (tertiary/aromatic N) is 2. The molecule has 0 aromatic rings. The van der Waals surface area contributed by atoms with Crippen LogP contribution < -0.4 is 0 Å². The van der Waals surface area contributed by atoms with Crippen LogP contribution in [0.3, 0.4) is 0 Å².